The zero-order valence-corrected chi connectivity index (χ0v) is 12.0. The summed E-state index contributed by atoms with van der Waals surface area (Å²) in [7, 11) is 0. The van der Waals surface area contributed by atoms with Gasteiger partial charge in [-0.05, 0) is 49.1 Å². The maximum absolute atomic E-state index is 11.7. The Balaban J connectivity index is 1.43. The highest BCUT2D eigenvalue weighted by molar-refractivity contribution is 5.77. The second-order valence-corrected chi connectivity index (χ2v) is 5.47. The summed E-state index contributed by atoms with van der Waals surface area (Å²) in [4.78, 5) is 11.7. The van der Waals surface area contributed by atoms with E-state index in [2.05, 4.69) is 15.7 Å². The van der Waals surface area contributed by atoms with Crippen molar-refractivity contribution in [3.63, 3.8) is 0 Å². The normalized spacial score (nSPS) is 14.1. The fraction of sp³-hybridized carbons (Fsp3) is 0.375. The fourth-order valence-corrected chi connectivity index (χ4v) is 2.16. The first kappa shape index (κ1) is 13.8. The Hall–Kier alpha value is -2.14. The van der Waals surface area contributed by atoms with Gasteiger partial charge in [-0.2, -0.15) is 5.10 Å². The molecule has 0 saturated heterocycles. The van der Waals surface area contributed by atoms with E-state index < -0.39 is 0 Å². The Bertz CT molecular complexity index is 573. The topological polar surface area (TPSA) is 59.0 Å². The van der Waals surface area contributed by atoms with Crippen LogP contribution in [0.4, 0.5) is 0 Å². The lowest BCUT2D eigenvalue weighted by Crippen LogP contribution is -2.34. The minimum absolute atomic E-state index is 0.0480. The third-order valence-corrected chi connectivity index (χ3v) is 3.61. The average molecular weight is 284 g/mol. The quantitative estimate of drug-likeness (QED) is 0.810. The number of carbonyl (C=O) groups excluding carboxylic acids is 1. The van der Waals surface area contributed by atoms with Crippen LogP contribution in [0.5, 0.6) is 0 Å². The van der Waals surface area contributed by atoms with Crippen LogP contribution in [0.2, 0.25) is 0 Å². The van der Waals surface area contributed by atoms with Crippen molar-refractivity contribution in [2.45, 2.75) is 19.4 Å². The predicted molar refractivity (Wildman–Crippen MR) is 81.0 cm³/mol. The molecule has 0 radical (unpaired) electrons. The summed E-state index contributed by atoms with van der Waals surface area (Å²) in [6.07, 6.45) is 6.26. The minimum Gasteiger partial charge on any atom is -0.351 e. The number of hydrogen-bond donors (Lipinski definition) is 2. The van der Waals surface area contributed by atoms with Crippen molar-refractivity contribution in [2.75, 3.05) is 13.1 Å². The molecule has 0 unspecified atom stereocenters. The molecule has 110 valence electrons. The number of hydrogen-bond acceptors (Lipinski definition) is 3. The molecule has 3 rings (SSSR count). The zero-order valence-electron chi connectivity index (χ0n) is 12.0. The van der Waals surface area contributed by atoms with Gasteiger partial charge in [-0.25, -0.2) is 4.68 Å². The van der Waals surface area contributed by atoms with Gasteiger partial charge in [0.1, 0.15) is 0 Å². The number of carbonyl (C=O) groups is 1. The Kier molecular flexibility index (Phi) is 4.31. The van der Waals surface area contributed by atoms with Gasteiger partial charge in [-0.15, -0.1) is 0 Å². The maximum Gasteiger partial charge on any atom is 0.234 e. The van der Waals surface area contributed by atoms with Crippen LogP contribution in [0.1, 0.15) is 18.4 Å². The first-order valence-corrected chi connectivity index (χ1v) is 7.37. The van der Waals surface area contributed by atoms with Crippen LogP contribution in [0.3, 0.4) is 0 Å². The summed E-state index contributed by atoms with van der Waals surface area (Å²) in [5.41, 5.74) is 2.10. The SMILES string of the molecule is O=C(CNCC1CC1)NCc1ccc(-n2cccn2)cc1. The van der Waals surface area contributed by atoms with Gasteiger partial charge in [0.2, 0.25) is 5.91 Å². The van der Waals surface area contributed by atoms with E-state index in [4.69, 9.17) is 0 Å². The molecular formula is C16H20N4O. The summed E-state index contributed by atoms with van der Waals surface area (Å²) in [6, 6.07) is 9.91. The van der Waals surface area contributed by atoms with Crippen molar-refractivity contribution < 1.29 is 4.79 Å². The number of nitrogens with one attached hydrogen (secondary N) is 2. The van der Waals surface area contributed by atoms with Crippen LogP contribution in [0, 0.1) is 5.92 Å². The van der Waals surface area contributed by atoms with Crippen molar-refractivity contribution in [1.82, 2.24) is 20.4 Å². The highest BCUT2D eigenvalue weighted by Gasteiger charge is 2.20. The molecule has 2 N–H and O–H groups in total. The molecule has 2 aromatic rings. The summed E-state index contributed by atoms with van der Waals surface area (Å²) >= 11 is 0. The van der Waals surface area contributed by atoms with Gasteiger partial charge < -0.3 is 10.6 Å². The van der Waals surface area contributed by atoms with Gasteiger partial charge in [0, 0.05) is 18.9 Å². The smallest absolute Gasteiger partial charge is 0.234 e. The molecule has 1 fully saturated rings. The molecule has 1 saturated carbocycles. The van der Waals surface area contributed by atoms with E-state index in [-0.39, 0.29) is 5.91 Å². The van der Waals surface area contributed by atoms with E-state index in [1.54, 1.807) is 6.20 Å². The van der Waals surface area contributed by atoms with Gasteiger partial charge in [0.05, 0.1) is 12.2 Å². The van der Waals surface area contributed by atoms with Crippen LogP contribution in [-0.2, 0) is 11.3 Å². The van der Waals surface area contributed by atoms with Crippen LogP contribution >= 0.6 is 0 Å². The molecule has 0 aliphatic heterocycles. The fourth-order valence-electron chi connectivity index (χ4n) is 2.16. The van der Waals surface area contributed by atoms with Gasteiger partial charge in [-0.1, -0.05) is 12.1 Å². The van der Waals surface area contributed by atoms with E-state index in [9.17, 15) is 4.79 Å². The van der Waals surface area contributed by atoms with E-state index in [0.717, 1.165) is 23.7 Å². The van der Waals surface area contributed by atoms with Gasteiger partial charge in [-0.3, -0.25) is 4.79 Å². The van der Waals surface area contributed by atoms with Gasteiger partial charge >= 0.3 is 0 Å². The summed E-state index contributed by atoms with van der Waals surface area (Å²) in [5, 5.41) is 10.3. The lowest BCUT2D eigenvalue weighted by atomic mass is 10.2. The van der Waals surface area contributed by atoms with Crippen molar-refractivity contribution in [3.8, 4) is 5.69 Å². The standard InChI is InChI=1S/C16H20N4O/c21-16(12-17-10-13-2-3-13)18-11-14-4-6-15(7-5-14)20-9-1-8-19-20/h1,4-9,13,17H,2-3,10-12H2,(H,18,21). The number of benzene rings is 1. The maximum atomic E-state index is 11.7. The summed E-state index contributed by atoms with van der Waals surface area (Å²) in [5.74, 6) is 0.847. The van der Waals surface area contributed by atoms with Crippen LogP contribution < -0.4 is 10.6 Å². The Morgan fingerprint density at radius 3 is 2.76 bits per heavy atom. The molecule has 0 spiro atoms. The van der Waals surface area contributed by atoms with Gasteiger partial charge in [0.15, 0.2) is 0 Å². The number of aromatic nitrogens is 2. The van der Waals surface area contributed by atoms with E-state index in [1.807, 2.05) is 41.2 Å². The van der Waals surface area contributed by atoms with Crippen LogP contribution in [0.15, 0.2) is 42.7 Å². The number of rotatable bonds is 7. The molecule has 21 heavy (non-hydrogen) atoms. The Labute approximate surface area is 124 Å². The molecule has 1 heterocycles. The largest absolute Gasteiger partial charge is 0.351 e. The van der Waals surface area contributed by atoms with E-state index in [0.29, 0.717) is 13.1 Å². The molecule has 1 aliphatic rings. The lowest BCUT2D eigenvalue weighted by Gasteiger charge is -2.07. The highest BCUT2D eigenvalue weighted by atomic mass is 16.1. The van der Waals surface area contributed by atoms with Crippen LogP contribution in [0.25, 0.3) is 5.69 Å². The molecule has 1 aromatic heterocycles. The number of amides is 1. The predicted octanol–water partition coefficient (Wildman–Crippen LogP) is 1.49. The molecule has 0 bridgehead atoms. The Morgan fingerprint density at radius 2 is 2.10 bits per heavy atom. The zero-order chi connectivity index (χ0) is 14.5. The molecule has 5 heteroatoms. The van der Waals surface area contributed by atoms with Crippen molar-refractivity contribution in [2.24, 2.45) is 5.92 Å². The van der Waals surface area contributed by atoms with E-state index in [1.165, 1.54) is 12.8 Å². The number of nitrogens with zero attached hydrogens (tertiary/aromatic N) is 2. The third-order valence-electron chi connectivity index (χ3n) is 3.61. The summed E-state index contributed by atoms with van der Waals surface area (Å²) < 4.78 is 1.81. The van der Waals surface area contributed by atoms with Gasteiger partial charge in [0.25, 0.3) is 0 Å². The Morgan fingerprint density at radius 1 is 1.29 bits per heavy atom. The van der Waals surface area contributed by atoms with Crippen molar-refractivity contribution in [1.29, 1.82) is 0 Å². The second kappa shape index (κ2) is 6.54. The van der Waals surface area contributed by atoms with Crippen molar-refractivity contribution in [3.05, 3.63) is 48.3 Å². The molecule has 5 nitrogen and oxygen atoms in total. The summed E-state index contributed by atoms with van der Waals surface area (Å²) in [6.45, 7) is 1.93. The first-order valence-electron chi connectivity index (χ1n) is 7.37. The van der Waals surface area contributed by atoms with Crippen molar-refractivity contribution >= 4 is 5.91 Å². The van der Waals surface area contributed by atoms with Crippen LogP contribution in [-0.4, -0.2) is 28.8 Å². The first-order chi connectivity index (χ1) is 10.3. The van der Waals surface area contributed by atoms with E-state index >= 15 is 0 Å². The lowest BCUT2D eigenvalue weighted by molar-refractivity contribution is -0.120. The molecular weight excluding hydrogens is 264 g/mol. The molecule has 0 atom stereocenters. The molecule has 1 amide bonds. The monoisotopic (exact) mass is 284 g/mol. The highest BCUT2D eigenvalue weighted by Crippen LogP contribution is 2.27. The average Bonchev–Trinajstić information content (AvgIpc) is 3.16. The third kappa shape index (κ3) is 4.16. The molecule has 1 aliphatic carbocycles. The molecule has 1 aromatic carbocycles. The second-order valence-electron chi connectivity index (χ2n) is 5.47. The minimum atomic E-state index is 0.0480.